The van der Waals surface area contributed by atoms with Gasteiger partial charge in [0, 0.05) is 23.9 Å². The molecule has 0 aliphatic heterocycles. The van der Waals surface area contributed by atoms with Gasteiger partial charge in [-0.3, -0.25) is 0 Å². The molecule has 3 aromatic rings. The van der Waals surface area contributed by atoms with Gasteiger partial charge in [0.25, 0.3) is 5.92 Å². The van der Waals surface area contributed by atoms with Gasteiger partial charge in [-0.25, -0.2) is 13.6 Å². The van der Waals surface area contributed by atoms with E-state index in [2.05, 4.69) is 0 Å². The molecule has 0 fully saturated rings. The Morgan fingerprint density at radius 1 is 1.00 bits per heavy atom. The van der Waals surface area contributed by atoms with Crippen LogP contribution in [0, 0.1) is 6.92 Å². The third-order valence-corrected chi connectivity index (χ3v) is 3.81. The van der Waals surface area contributed by atoms with Crippen LogP contribution in [-0.4, -0.2) is 0 Å². The fourth-order valence-electron chi connectivity index (χ4n) is 2.62. The van der Waals surface area contributed by atoms with Crippen LogP contribution in [0.4, 0.5) is 8.78 Å². The lowest BCUT2D eigenvalue weighted by atomic mass is 9.99. The van der Waals surface area contributed by atoms with Gasteiger partial charge in [-0.1, -0.05) is 35.9 Å². The summed E-state index contributed by atoms with van der Waals surface area (Å²) in [5.74, 6) is -3.10. The van der Waals surface area contributed by atoms with E-state index in [-0.39, 0.29) is 16.5 Å². The molecule has 0 saturated carbocycles. The molecule has 0 aliphatic carbocycles. The number of hydrogen-bond acceptors (Lipinski definition) is 2. The smallest absolute Gasteiger partial charge is 0.336 e. The van der Waals surface area contributed by atoms with Gasteiger partial charge < -0.3 is 4.42 Å². The number of rotatable bonds is 3. The molecule has 0 amide bonds. The maximum Gasteiger partial charge on any atom is 0.336 e. The minimum Gasteiger partial charge on any atom is -0.423 e. The van der Waals surface area contributed by atoms with E-state index in [0.717, 1.165) is 24.1 Å². The molecule has 1 aromatic heterocycles. The summed E-state index contributed by atoms with van der Waals surface area (Å²) in [5.41, 5.74) is 2.27. The monoisotopic (exact) mass is 314 g/mol. The van der Waals surface area contributed by atoms with Crippen LogP contribution in [0.5, 0.6) is 0 Å². The number of halogens is 2. The van der Waals surface area contributed by atoms with Crippen molar-refractivity contribution in [3.8, 4) is 0 Å². The Labute approximate surface area is 132 Å². The average Bonchev–Trinajstić information content (AvgIpc) is 2.48. The van der Waals surface area contributed by atoms with Crippen molar-refractivity contribution in [3.63, 3.8) is 0 Å². The Hall–Kier alpha value is -2.49. The normalized spacial score (nSPS) is 11.8. The van der Waals surface area contributed by atoms with E-state index in [1.807, 2.05) is 31.2 Å². The van der Waals surface area contributed by atoms with E-state index < -0.39 is 11.5 Å². The second kappa shape index (κ2) is 5.61. The van der Waals surface area contributed by atoms with Crippen molar-refractivity contribution >= 4 is 11.0 Å². The molecule has 2 nitrogen and oxygen atoms in total. The third-order valence-electron chi connectivity index (χ3n) is 3.81. The maximum absolute atomic E-state index is 13.8. The Kier molecular flexibility index (Phi) is 3.76. The van der Waals surface area contributed by atoms with Crippen LogP contribution in [-0.2, 0) is 12.3 Å². The number of benzene rings is 2. The summed E-state index contributed by atoms with van der Waals surface area (Å²) in [5, 5.41) is 0.279. The van der Waals surface area contributed by atoms with Crippen LogP contribution in [0.15, 0.2) is 57.7 Å². The average molecular weight is 314 g/mol. The van der Waals surface area contributed by atoms with E-state index in [9.17, 15) is 13.6 Å². The largest absolute Gasteiger partial charge is 0.423 e. The zero-order valence-electron chi connectivity index (χ0n) is 12.9. The fourth-order valence-corrected chi connectivity index (χ4v) is 2.62. The van der Waals surface area contributed by atoms with Gasteiger partial charge in [0.2, 0.25) is 0 Å². The van der Waals surface area contributed by atoms with Crippen molar-refractivity contribution in [1.29, 1.82) is 0 Å². The maximum atomic E-state index is 13.8. The Morgan fingerprint density at radius 2 is 1.65 bits per heavy atom. The van der Waals surface area contributed by atoms with Crippen molar-refractivity contribution in [3.05, 3.63) is 81.2 Å². The topological polar surface area (TPSA) is 30.2 Å². The highest BCUT2D eigenvalue weighted by molar-refractivity contribution is 5.81. The summed E-state index contributed by atoms with van der Waals surface area (Å²) >= 11 is 0. The highest BCUT2D eigenvalue weighted by Crippen LogP contribution is 2.32. The van der Waals surface area contributed by atoms with Crippen molar-refractivity contribution in [2.75, 3.05) is 0 Å². The lowest BCUT2D eigenvalue weighted by Gasteiger charge is -2.13. The van der Waals surface area contributed by atoms with Crippen molar-refractivity contribution in [2.24, 2.45) is 0 Å². The molecule has 0 atom stereocenters. The molecule has 0 saturated heterocycles. The van der Waals surface area contributed by atoms with E-state index in [4.69, 9.17) is 4.42 Å². The molecule has 118 valence electrons. The molecule has 4 heteroatoms. The van der Waals surface area contributed by atoms with Gasteiger partial charge in [0.1, 0.15) is 5.58 Å². The molecule has 0 aliphatic rings. The molecule has 0 unspecified atom stereocenters. The summed E-state index contributed by atoms with van der Waals surface area (Å²) in [4.78, 5) is 11.5. The molecule has 2 aromatic carbocycles. The molecule has 0 N–H and O–H groups in total. The van der Waals surface area contributed by atoms with E-state index in [0.29, 0.717) is 6.42 Å². The summed E-state index contributed by atoms with van der Waals surface area (Å²) in [6.07, 6.45) is 0.629. The number of alkyl halides is 2. The molecule has 1 heterocycles. The lowest BCUT2D eigenvalue weighted by molar-refractivity contribution is 0.0186. The molecular formula is C19H16F2O2. The zero-order chi connectivity index (χ0) is 16.6. The fraction of sp³-hybridized carbons (Fsp3) is 0.211. The van der Waals surface area contributed by atoms with Crippen molar-refractivity contribution in [2.45, 2.75) is 26.2 Å². The second-order valence-corrected chi connectivity index (χ2v) is 5.86. The molecule has 23 heavy (non-hydrogen) atoms. The van der Waals surface area contributed by atoms with Crippen LogP contribution in [0.25, 0.3) is 11.0 Å². The van der Waals surface area contributed by atoms with Crippen LogP contribution < -0.4 is 5.63 Å². The van der Waals surface area contributed by atoms with Crippen molar-refractivity contribution in [1.82, 2.24) is 0 Å². The van der Waals surface area contributed by atoms with Crippen molar-refractivity contribution < 1.29 is 13.2 Å². The minimum atomic E-state index is -3.10. The van der Waals surface area contributed by atoms with E-state index >= 15 is 0 Å². The van der Waals surface area contributed by atoms with Gasteiger partial charge >= 0.3 is 5.63 Å². The molecule has 3 rings (SSSR count). The first-order chi connectivity index (χ1) is 10.8. The van der Waals surface area contributed by atoms with Gasteiger partial charge in [0.05, 0.1) is 0 Å². The summed E-state index contributed by atoms with van der Waals surface area (Å²) in [6.45, 7) is 2.80. The van der Waals surface area contributed by atoms with Crippen LogP contribution in [0.2, 0.25) is 0 Å². The highest BCUT2D eigenvalue weighted by atomic mass is 19.3. The number of hydrogen-bond donors (Lipinski definition) is 0. The standard InChI is InChI=1S/C19H16F2O2/c1-12-3-5-13(6-4-12)9-14-7-8-17-15(10-14)16(19(2,20)21)11-18(22)23-17/h3-8,10-11H,9H2,1-2H3. The first-order valence-electron chi connectivity index (χ1n) is 7.33. The quantitative estimate of drug-likeness (QED) is 0.650. The molecular weight excluding hydrogens is 298 g/mol. The summed E-state index contributed by atoms with van der Waals surface area (Å²) in [6, 6.07) is 14.0. The SMILES string of the molecule is Cc1ccc(Cc2ccc3oc(=O)cc(C(C)(F)F)c3c2)cc1. The Balaban J connectivity index is 2.09. The highest BCUT2D eigenvalue weighted by Gasteiger charge is 2.28. The summed E-state index contributed by atoms with van der Waals surface area (Å²) < 4.78 is 32.6. The molecule has 0 radical (unpaired) electrons. The van der Waals surface area contributed by atoms with Gasteiger partial charge in [-0.2, -0.15) is 0 Å². The predicted molar refractivity (Wildman–Crippen MR) is 86.0 cm³/mol. The molecule has 0 bridgehead atoms. The first-order valence-corrected chi connectivity index (χ1v) is 7.33. The van der Waals surface area contributed by atoms with Crippen LogP contribution in [0.3, 0.4) is 0 Å². The Morgan fingerprint density at radius 3 is 2.30 bits per heavy atom. The second-order valence-electron chi connectivity index (χ2n) is 5.86. The minimum absolute atomic E-state index is 0.182. The van der Waals surface area contributed by atoms with Gasteiger partial charge in [-0.05, 0) is 36.6 Å². The van der Waals surface area contributed by atoms with Gasteiger partial charge in [0.15, 0.2) is 0 Å². The zero-order valence-corrected chi connectivity index (χ0v) is 12.9. The first kappa shape index (κ1) is 15.4. The van der Waals surface area contributed by atoms with E-state index in [1.54, 1.807) is 18.2 Å². The lowest BCUT2D eigenvalue weighted by Crippen LogP contribution is -2.12. The number of aryl methyl sites for hydroxylation is 1. The Bertz CT molecular complexity index is 903. The summed E-state index contributed by atoms with van der Waals surface area (Å²) in [7, 11) is 0. The van der Waals surface area contributed by atoms with Gasteiger partial charge in [-0.15, -0.1) is 0 Å². The van der Waals surface area contributed by atoms with Crippen LogP contribution >= 0.6 is 0 Å². The molecule has 0 spiro atoms. The predicted octanol–water partition coefficient (Wildman–Crippen LogP) is 4.80. The van der Waals surface area contributed by atoms with E-state index in [1.165, 1.54) is 5.56 Å². The van der Waals surface area contributed by atoms with Crippen LogP contribution in [0.1, 0.15) is 29.2 Å². The third kappa shape index (κ3) is 3.31. The number of fused-ring (bicyclic) bond motifs is 1.